The number of benzene rings is 4. The van der Waals surface area contributed by atoms with Crippen LogP contribution in [-0.4, -0.2) is 23.3 Å². The molecule has 4 aromatic carbocycles. The molecule has 0 atom stereocenters. The molecule has 5 rings (SSSR count). The summed E-state index contributed by atoms with van der Waals surface area (Å²) in [5, 5.41) is 5.61. The number of carbonyl (C=O) groups is 1. The Kier molecular flexibility index (Phi) is 7.89. The first-order chi connectivity index (χ1) is 18.6. The number of fused-ring (bicyclic) bond motifs is 1. The first kappa shape index (κ1) is 25.7. The molecule has 5 nitrogen and oxygen atoms in total. The molecule has 0 unspecified atom stereocenters. The van der Waals surface area contributed by atoms with E-state index in [1.807, 2.05) is 109 Å². The van der Waals surface area contributed by atoms with Crippen molar-refractivity contribution in [2.75, 3.05) is 6.61 Å². The van der Waals surface area contributed by atoms with Crippen molar-refractivity contribution in [3.63, 3.8) is 0 Å². The Morgan fingerprint density at radius 1 is 0.842 bits per heavy atom. The van der Waals surface area contributed by atoms with E-state index in [1.54, 1.807) is 6.92 Å². The molecule has 1 N–H and O–H groups in total. The van der Waals surface area contributed by atoms with Gasteiger partial charge in [-0.25, -0.2) is 4.79 Å². The second-order valence-electron chi connectivity index (χ2n) is 8.81. The number of hydrogen-bond donors (Lipinski definition) is 1. The molecule has 1 heterocycles. The normalized spacial score (nSPS) is 11.9. The van der Waals surface area contributed by atoms with Crippen LogP contribution in [0.15, 0.2) is 121 Å². The zero-order valence-corrected chi connectivity index (χ0v) is 23.1. The lowest BCUT2D eigenvalue weighted by Crippen LogP contribution is -2.32. The number of nitrogens with zero attached hydrogens (tertiary/aromatic N) is 1. The summed E-state index contributed by atoms with van der Waals surface area (Å²) in [6.45, 7) is 2.03. The van der Waals surface area contributed by atoms with Crippen molar-refractivity contribution in [3.05, 3.63) is 141 Å². The van der Waals surface area contributed by atoms with E-state index in [9.17, 15) is 4.79 Å². The summed E-state index contributed by atoms with van der Waals surface area (Å²) in [7, 11) is 0. The maximum Gasteiger partial charge on any atom is 0.356 e. The van der Waals surface area contributed by atoms with Crippen LogP contribution >= 0.6 is 22.6 Å². The van der Waals surface area contributed by atoms with Gasteiger partial charge in [-0.2, -0.15) is 0 Å². The number of nitrogens with one attached hydrogen (secondary N) is 1. The largest absolute Gasteiger partial charge is 0.461 e. The molecule has 0 aliphatic carbocycles. The predicted molar refractivity (Wildman–Crippen MR) is 159 cm³/mol. The molecule has 0 saturated heterocycles. The minimum atomic E-state index is -1.09. The summed E-state index contributed by atoms with van der Waals surface area (Å²) in [5.41, 5.74) is 3.73. The highest BCUT2D eigenvalue weighted by Gasteiger charge is 2.40. The molecule has 0 aliphatic heterocycles. The number of aromatic nitrogens is 1. The first-order valence-electron chi connectivity index (χ1n) is 12.5. The zero-order chi connectivity index (χ0) is 26.4. The number of rotatable bonds is 9. The van der Waals surface area contributed by atoms with Crippen molar-refractivity contribution in [1.82, 2.24) is 4.98 Å². The van der Waals surface area contributed by atoms with Crippen molar-refractivity contribution in [2.24, 2.45) is 5.16 Å². The van der Waals surface area contributed by atoms with Crippen molar-refractivity contribution in [3.8, 4) is 0 Å². The standard InChI is InChI=1S/C32H27IN2O3/c1-2-37-31(36)30(20-23-22-34-29-19-18-27(33)21-28(23)29)35-38-32(24-12-6-3-7-13-24,25-14-8-4-9-15-25)26-16-10-5-11-17-26/h3-19,21-22,34H,2,20H2,1H3/b35-30+. The van der Waals surface area contributed by atoms with Gasteiger partial charge in [-0.1, -0.05) is 96.2 Å². The minimum Gasteiger partial charge on any atom is -0.461 e. The lowest BCUT2D eigenvalue weighted by atomic mass is 9.80. The second kappa shape index (κ2) is 11.6. The molecule has 6 heteroatoms. The fourth-order valence-corrected chi connectivity index (χ4v) is 5.12. The van der Waals surface area contributed by atoms with Crippen LogP contribution in [0, 0.1) is 3.57 Å². The van der Waals surface area contributed by atoms with Gasteiger partial charge in [0.1, 0.15) is 0 Å². The molecule has 0 spiro atoms. The van der Waals surface area contributed by atoms with Gasteiger partial charge in [0.2, 0.25) is 5.60 Å². The van der Waals surface area contributed by atoms with Crippen molar-refractivity contribution in [1.29, 1.82) is 0 Å². The molecule has 0 radical (unpaired) electrons. The van der Waals surface area contributed by atoms with Gasteiger partial charge in [-0.15, -0.1) is 0 Å². The van der Waals surface area contributed by atoms with E-state index >= 15 is 0 Å². The van der Waals surface area contributed by atoms with Crippen LogP contribution in [0.3, 0.4) is 0 Å². The Labute approximate surface area is 235 Å². The van der Waals surface area contributed by atoms with E-state index in [0.29, 0.717) is 0 Å². The Hall–Kier alpha value is -3.91. The zero-order valence-electron chi connectivity index (χ0n) is 20.9. The van der Waals surface area contributed by atoms with E-state index in [0.717, 1.165) is 36.7 Å². The average Bonchev–Trinajstić information content (AvgIpc) is 3.36. The van der Waals surface area contributed by atoms with E-state index in [1.165, 1.54) is 0 Å². The molecule has 0 fully saturated rings. The van der Waals surface area contributed by atoms with E-state index in [2.05, 4.69) is 38.8 Å². The predicted octanol–water partition coefficient (Wildman–Crippen LogP) is 7.24. The maximum atomic E-state index is 13.2. The van der Waals surface area contributed by atoms with Gasteiger partial charge >= 0.3 is 5.97 Å². The fraction of sp³-hybridized carbons (Fsp3) is 0.125. The minimum absolute atomic E-state index is 0.193. The lowest BCUT2D eigenvalue weighted by Gasteiger charge is -2.33. The van der Waals surface area contributed by atoms with Crippen LogP contribution in [0.2, 0.25) is 0 Å². The number of halogens is 1. The average molecular weight is 614 g/mol. The quantitative estimate of drug-likeness (QED) is 0.0626. The molecular weight excluding hydrogens is 587 g/mol. The van der Waals surface area contributed by atoms with E-state index in [-0.39, 0.29) is 18.7 Å². The van der Waals surface area contributed by atoms with Crippen LogP contribution in [0.4, 0.5) is 0 Å². The third-order valence-corrected chi connectivity index (χ3v) is 7.10. The smallest absolute Gasteiger partial charge is 0.356 e. The Morgan fingerprint density at radius 3 is 1.92 bits per heavy atom. The number of esters is 1. The summed E-state index contributed by atoms with van der Waals surface area (Å²) in [6.07, 6.45) is 2.17. The maximum absolute atomic E-state index is 13.2. The number of ether oxygens (including phenoxy) is 1. The molecule has 0 amide bonds. The van der Waals surface area contributed by atoms with E-state index in [4.69, 9.17) is 9.57 Å². The fourth-order valence-electron chi connectivity index (χ4n) is 4.63. The van der Waals surface area contributed by atoms with Crippen LogP contribution in [0.5, 0.6) is 0 Å². The molecule has 190 valence electrons. The Balaban J connectivity index is 1.65. The molecule has 5 aromatic rings. The van der Waals surface area contributed by atoms with Gasteiger partial charge in [-0.05, 0) is 53.3 Å². The summed E-state index contributed by atoms with van der Waals surface area (Å²) < 4.78 is 6.52. The summed E-state index contributed by atoms with van der Waals surface area (Å²) >= 11 is 2.29. The highest BCUT2D eigenvalue weighted by Crippen LogP contribution is 2.40. The lowest BCUT2D eigenvalue weighted by molar-refractivity contribution is -0.135. The highest BCUT2D eigenvalue weighted by atomic mass is 127. The van der Waals surface area contributed by atoms with Gasteiger partial charge in [0.25, 0.3) is 0 Å². The number of oxime groups is 1. The molecule has 0 aliphatic rings. The van der Waals surface area contributed by atoms with Crippen LogP contribution < -0.4 is 0 Å². The van der Waals surface area contributed by atoms with Crippen LogP contribution in [0.25, 0.3) is 10.9 Å². The van der Waals surface area contributed by atoms with Crippen LogP contribution in [0.1, 0.15) is 29.2 Å². The third kappa shape index (κ3) is 5.22. The Bertz CT molecular complexity index is 1450. The summed E-state index contributed by atoms with van der Waals surface area (Å²) in [5.74, 6) is -0.504. The number of carbonyl (C=O) groups excluding carboxylic acids is 1. The van der Waals surface area contributed by atoms with Gasteiger partial charge < -0.3 is 14.6 Å². The van der Waals surface area contributed by atoms with Gasteiger partial charge in [0, 0.05) is 43.8 Å². The second-order valence-corrected chi connectivity index (χ2v) is 10.1. The van der Waals surface area contributed by atoms with Crippen molar-refractivity contribution < 1.29 is 14.4 Å². The van der Waals surface area contributed by atoms with Gasteiger partial charge in [-0.3, -0.25) is 0 Å². The van der Waals surface area contributed by atoms with Gasteiger partial charge in [0.05, 0.1) is 6.61 Å². The molecule has 38 heavy (non-hydrogen) atoms. The Morgan fingerprint density at radius 2 is 1.39 bits per heavy atom. The first-order valence-corrected chi connectivity index (χ1v) is 13.5. The number of H-pyrrole nitrogens is 1. The summed E-state index contributed by atoms with van der Waals surface area (Å²) in [6, 6.07) is 36.0. The SMILES string of the molecule is CCOC(=O)/C(Cc1c[nH]c2ccc(I)cc12)=N/OC(c1ccccc1)(c1ccccc1)c1ccccc1. The monoisotopic (exact) mass is 614 g/mol. The molecule has 1 aromatic heterocycles. The third-order valence-electron chi connectivity index (χ3n) is 6.43. The van der Waals surface area contributed by atoms with Crippen LogP contribution in [-0.2, 0) is 26.4 Å². The van der Waals surface area contributed by atoms with Crippen molar-refractivity contribution >= 4 is 45.2 Å². The highest BCUT2D eigenvalue weighted by molar-refractivity contribution is 14.1. The number of aromatic amines is 1. The topological polar surface area (TPSA) is 63.7 Å². The number of hydrogen-bond acceptors (Lipinski definition) is 4. The molecule has 0 saturated carbocycles. The molecular formula is C32H27IN2O3. The van der Waals surface area contributed by atoms with Gasteiger partial charge in [0.15, 0.2) is 5.71 Å². The van der Waals surface area contributed by atoms with E-state index < -0.39 is 11.6 Å². The summed E-state index contributed by atoms with van der Waals surface area (Å²) in [4.78, 5) is 23.0. The molecule has 0 bridgehead atoms. The van der Waals surface area contributed by atoms with Crippen molar-refractivity contribution in [2.45, 2.75) is 18.9 Å².